The van der Waals surface area contributed by atoms with Gasteiger partial charge in [-0.2, -0.15) is 0 Å². The van der Waals surface area contributed by atoms with Gasteiger partial charge in [-0.3, -0.25) is 13.9 Å². The summed E-state index contributed by atoms with van der Waals surface area (Å²) in [5, 5.41) is 2.79. The largest absolute Gasteiger partial charge is 0.354 e. The lowest BCUT2D eigenvalue weighted by Gasteiger charge is -2.06. The molecule has 0 aliphatic heterocycles. The minimum atomic E-state index is -0.280. The smallest absolute Gasteiger partial charge is 0.329 e. The number of carbonyl (C=O) groups excluding carboxylic acids is 1. The van der Waals surface area contributed by atoms with Gasteiger partial charge in [-0.05, 0) is 36.2 Å². The van der Waals surface area contributed by atoms with Crippen LogP contribution in [0.1, 0.15) is 5.56 Å². The number of nitrogens with zero attached hydrogens (tertiary/aromatic N) is 2. The summed E-state index contributed by atoms with van der Waals surface area (Å²) in [6.45, 7) is 0.410. The van der Waals surface area contributed by atoms with Crippen molar-refractivity contribution in [2.24, 2.45) is 7.05 Å². The summed E-state index contributed by atoms with van der Waals surface area (Å²) in [6.07, 6.45) is 0.608. The molecule has 3 rings (SSSR count). The van der Waals surface area contributed by atoms with Crippen molar-refractivity contribution in [1.82, 2.24) is 14.5 Å². The van der Waals surface area contributed by atoms with Crippen LogP contribution in [0.4, 0.5) is 4.39 Å². The van der Waals surface area contributed by atoms with Crippen molar-refractivity contribution in [3.63, 3.8) is 0 Å². The molecule has 3 aromatic rings. The Kier molecular flexibility index (Phi) is 4.46. The van der Waals surface area contributed by atoms with Crippen molar-refractivity contribution in [3.8, 4) is 0 Å². The van der Waals surface area contributed by atoms with Gasteiger partial charge in [0, 0.05) is 13.6 Å². The van der Waals surface area contributed by atoms with Crippen molar-refractivity contribution in [2.45, 2.75) is 13.0 Å². The second kappa shape index (κ2) is 6.70. The number of benzene rings is 2. The summed E-state index contributed by atoms with van der Waals surface area (Å²) < 4.78 is 15.8. The van der Waals surface area contributed by atoms with Gasteiger partial charge in [0.2, 0.25) is 5.91 Å². The van der Waals surface area contributed by atoms with Crippen LogP contribution < -0.4 is 11.0 Å². The Morgan fingerprint density at radius 3 is 2.46 bits per heavy atom. The van der Waals surface area contributed by atoms with Crippen molar-refractivity contribution in [1.29, 1.82) is 0 Å². The predicted octanol–water partition coefficient (Wildman–Crippen LogP) is 1.84. The molecule has 5 nitrogen and oxygen atoms in total. The first kappa shape index (κ1) is 16.0. The standard InChI is InChI=1S/C18H18FN3O2/c1-21-15-4-2-3-5-16(15)22(18(21)24)12-17(23)20-11-10-13-6-8-14(19)9-7-13/h2-9H,10-12H2,1H3,(H,20,23). The molecular formula is C18H18FN3O2. The van der Waals surface area contributed by atoms with Crippen molar-refractivity contribution < 1.29 is 9.18 Å². The second-order valence-electron chi connectivity index (χ2n) is 5.64. The quantitative estimate of drug-likeness (QED) is 0.777. The number of carbonyl (C=O) groups is 1. The highest BCUT2D eigenvalue weighted by Gasteiger charge is 2.12. The third kappa shape index (κ3) is 3.22. The topological polar surface area (TPSA) is 56.0 Å². The monoisotopic (exact) mass is 327 g/mol. The van der Waals surface area contributed by atoms with Crippen LogP contribution in [0, 0.1) is 5.82 Å². The van der Waals surface area contributed by atoms with Gasteiger partial charge in [0.15, 0.2) is 0 Å². The van der Waals surface area contributed by atoms with Gasteiger partial charge in [-0.25, -0.2) is 9.18 Å². The van der Waals surface area contributed by atoms with Crippen LogP contribution in [0.2, 0.25) is 0 Å². The Bertz CT molecular complexity index is 926. The Hall–Kier alpha value is -2.89. The molecule has 1 aromatic heterocycles. The summed E-state index contributed by atoms with van der Waals surface area (Å²) in [6, 6.07) is 13.5. The Labute approximate surface area is 138 Å². The van der Waals surface area contributed by atoms with Crippen LogP contribution in [-0.2, 0) is 24.8 Å². The molecule has 0 spiro atoms. The number of fused-ring (bicyclic) bond motifs is 1. The molecule has 0 saturated carbocycles. The van der Waals surface area contributed by atoms with Gasteiger partial charge < -0.3 is 5.32 Å². The van der Waals surface area contributed by atoms with Gasteiger partial charge >= 0.3 is 5.69 Å². The molecule has 2 aromatic carbocycles. The zero-order valence-electron chi connectivity index (χ0n) is 13.3. The molecular weight excluding hydrogens is 309 g/mol. The predicted molar refractivity (Wildman–Crippen MR) is 90.3 cm³/mol. The number of hydrogen-bond donors (Lipinski definition) is 1. The number of amides is 1. The molecule has 0 bridgehead atoms. The fourth-order valence-corrected chi connectivity index (χ4v) is 2.71. The molecule has 0 fully saturated rings. The maximum atomic E-state index is 12.8. The van der Waals surface area contributed by atoms with E-state index in [0.717, 1.165) is 16.6 Å². The van der Waals surface area contributed by atoms with E-state index >= 15 is 0 Å². The highest BCUT2D eigenvalue weighted by atomic mass is 19.1. The molecule has 0 saturated heterocycles. The van der Waals surface area contributed by atoms with E-state index in [4.69, 9.17) is 0 Å². The van der Waals surface area contributed by atoms with Gasteiger partial charge in [0.05, 0.1) is 11.0 Å². The van der Waals surface area contributed by atoms with Crippen LogP contribution in [0.3, 0.4) is 0 Å². The number of aromatic nitrogens is 2. The molecule has 0 unspecified atom stereocenters. The first-order valence-electron chi connectivity index (χ1n) is 7.71. The fourth-order valence-electron chi connectivity index (χ4n) is 2.71. The third-order valence-corrected chi connectivity index (χ3v) is 4.00. The minimum absolute atomic E-state index is 0.0242. The van der Waals surface area contributed by atoms with E-state index in [1.807, 2.05) is 24.3 Å². The molecule has 1 N–H and O–H groups in total. The molecule has 0 atom stereocenters. The number of halogens is 1. The maximum absolute atomic E-state index is 12.8. The highest BCUT2D eigenvalue weighted by Crippen LogP contribution is 2.11. The van der Waals surface area contributed by atoms with Crippen LogP contribution >= 0.6 is 0 Å². The number of aryl methyl sites for hydroxylation is 1. The zero-order chi connectivity index (χ0) is 17.1. The van der Waals surface area contributed by atoms with Gasteiger partial charge in [-0.1, -0.05) is 24.3 Å². The lowest BCUT2D eigenvalue weighted by Crippen LogP contribution is -2.33. The van der Waals surface area contributed by atoms with Crippen LogP contribution in [0.5, 0.6) is 0 Å². The minimum Gasteiger partial charge on any atom is -0.354 e. The molecule has 0 radical (unpaired) electrons. The van der Waals surface area contributed by atoms with Crippen molar-refractivity contribution >= 4 is 16.9 Å². The molecule has 0 aliphatic rings. The SMILES string of the molecule is Cn1c(=O)n(CC(=O)NCCc2ccc(F)cc2)c2ccccc21. The van der Waals surface area contributed by atoms with Crippen molar-refractivity contribution in [2.75, 3.05) is 6.54 Å². The summed E-state index contributed by atoms with van der Waals surface area (Å²) in [4.78, 5) is 24.4. The Morgan fingerprint density at radius 2 is 1.75 bits per heavy atom. The van der Waals surface area contributed by atoms with E-state index < -0.39 is 0 Å². The molecule has 1 heterocycles. The lowest BCUT2D eigenvalue weighted by molar-refractivity contribution is -0.121. The van der Waals surface area contributed by atoms with E-state index in [2.05, 4.69) is 5.32 Å². The average molecular weight is 327 g/mol. The Balaban J connectivity index is 1.64. The zero-order valence-corrected chi connectivity index (χ0v) is 13.3. The first-order valence-corrected chi connectivity index (χ1v) is 7.71. The van der Waals surface area contributed by atoms with Crippen LogP contribution in [0.25, 0.3) is 11.0 Å². The highest BCUT2D eigenvalue weighted by molar-refractivity contribution is 5.80. The van der Waals surface area contributed by atoms with Crippen molar-refractivity contribution in [3.05, 3.63) is 70.4 Å². The van der Waals surface area contributed by atoms with Gasteiger partial charge in [0.1, 0.15) is 12.4 Å². The molecule has 124 valence electrons. The van der Waals surface area contributed by atoms with E-state index in [1.165, 1.54) is 21.3 Å². The summed E-state index contributed by atoms with van der Waals surface area (Å²) in [5.41, 5.74) is 2.25. The molecule has 0 aliphatic carbocycles. The maximum Gasteiger partial charge on any atom is 0.329 e. The number of para-hydroxylation sites is 2. The van der Waals surface area contributed by atoms with E-state index in [9.17, 15) is 14.0 Å². The molecule has 6 heteroatoms. The average Bonchev–Trinajstić information content (AvgIpc) is 2.82. The van der Waals surface area contributed by atoms with E-state index in [0.29, 0.717) is 13.0 Å². The molecule has 1 amide bonds. The molecule has 24 heavy (non-hydrogen) atoms. The third-order valence-electron chi connectivity index (χ3n) is 4.00. The second-order valence-corrected chi connectivity index (χ2v) is 5.64. The number of imidazole rings is 1. The summed E-state index contributed by atoms with van der Waals surface area (Å²) in [7, 11) is 1.69. The number of nitrogens with one attached hydrogen (secondary N) is 1. The van der Waals surface area contributed by atoms with Gasteiger partial charge in [0.25, 0.3) is 0 Å². The normalized spacial score (nSPS) is 10.9. The summed E-state index contributed by atoms with van der Waals surface area (Å²) >= 11 is 0. The summed E-state index contributed by atoms with van der Waals surface area (Å²) in [5.74, 6) is -0.506. The van der Waals surface area contributed by atoms with E-state index in [1.54, 1.807) is 19.2 Å². The van der Waals surface area contributed by atoms with Gasteiger partial charge in [-0.15, -0.1) is 0 Å². The lowest BCUT2D eigenvalue weighted by atomic mass is 10.1. The fraction of sp³-hybridized carbons (Fsp3) is 0.222. The Morgan fingerprint density at radius 1 is 1.08 bits per heavy atom. The van der Waals surface area contributed by atoms with Crippen LogP contribution in [-0.4, -0.2) is 21.6 Å². The number of rotatable bonds is 5. The van der Waals surface area contributed by atoms with Crippen LogP contribution in [0.15, 0.2) is 53.3 Å². The van der Waals surface area contributed by atoms with E-state index in [-0.39, 0.29) is 24.0 Å². The first-order chi connectivity index (χ1) is 11.6. The number of hydrogen-bond acceptors (Lipinski definition) is 2.